The van der Waals surface area contributed by atoms with Crippen molar-refractivity contribution in [2.45, 2.75) is 0 Å². The number of amides is 1. The summed E-state index contributed by atoms with van der Waals surface area (Å²) in [6, 6.07) is 9.88. The number of rotatable bonds is 8. The molecule has 0 bridgehead atoms. The number of methoxy groups -OCH3 is 3. The summed E-state index contributed by atoms with van der Waals surface area (Å²) in [4.78, 5) is 12.0. The minimum absolute atomic E-state index is 0.0709. The zero-order valence-corrected chi connectivity index (χ0v) is 16.6. The Morgan fingerprint density at radius 1 is 1.03 bits per heavy atom. The molecule has 3 aromatic rings. The van der Waals surface area contributed by atoms with Crippen LogP contribution in [0.2, 0.25) is 5.02 Å². The van der Waals surface area contributed by atoms with Gasteiger partial charge in [-0.15, -0.1) is 5.10 Å². The van der Waals surface area contributed by atoms with Crippen LogP contribution in [0.25, 0.3) is 11.5 Å². The normalized spacial score (nSPS) is 10.3. The van der Waals surface area contributed by atoms with Crippen molar-refractivity contribution in [3.63, 3.8) is 0 Å². The lowest BCUT2D eigenvalue weighted by Crippen LogP contribution is -2.20. The number of benzene rings is 2. The fourth-order valence-electron chi connectivity index (χ4n) is 2.43. The number of halogens is 1. The number of carbonyl (C=O) groups excluding carboxylic acids is 1. The van der Waals surface area contributed by atoms with Gasteiger partial charge in [0, 0.05) is 10.6 Å². The number of carbonyl (C=O) groups is 1. The summed E-state index contributed by atoms with van der Waals surface area (Å²) < 4.78 is 26.8. The van der Waals surface area contributed by atoms with Gasteiger partial charge in [0.05, 0.1) is 21.3 Å². The Morgan fingerprint density at radius 2 is 1.69 bits per heavy atom. The molecule has 0 saturated carbocycles. The van der Waals surface area contributed by atoms with Crippen molar-refractivity contribution < 1.29 is 28.2 Å². The second kappa shape index (κ2) is 9.16. The van der Waals surface area contributed by atoms with Crippen LogP contribution in [0.1, 0.15) is 0 Å². The van der Waals surface area contributed by atoms with Crippen LogP contribution in [0.3, 0.4) is 0 Å². The molecule has 10 heteroatoms. The molecule has 0 saturated heterocycles. The van der Waals surface area contributed by atoms with Crippen molar-refractivity contribution in [1.82, 2.24) is 10.2 Å². The summed E-state index contributed by atoms with van der Waals surface area (Å²) in [6.07, 6.45) is 0. The van der Waals surface area contributed by atoms with E-state index >= 15 is 0 Å². The van der Waals surface area contributed by atoms with Crippen molar-refractivity contribution in [3.8, 4) is 34.5 Å². The molecule has 3 rings (SSSR count). The third-order valence-electron chi connectivity index (χ3n) is 3.77. The highest BCUT2D eigenvalue weighted by Gasteiger charge is 2.18. The van der Waals surface area contributed by atoms with E-state index < -0.39 is 5.91 Å². The Morgan fingerprint density at radius 3 is 2.28 bits per heavy atom. The molecule has 1 heterocycles. The number of hydrogen-bond donors (Lipinski definition) is 1. The van der Waals surface area contributed by atoms with Crippen LogP contribution in [0.4, 0.5) is 6.01 Å². The summed E-state index contributed by atoms with van der Waals surface area (Å²) in [5, 5.41) is 10.8. The average Bonchev–Trinajstić information content (AvgIpc) is 3.20. The first kappa shape index (κ1) is 20.3. The van der Waals surface area contributed by atoms with Crippen molar-refractivity contribution in [2.75, 3.05) is 33.3 Å². The zero-order chi connectivity index (χ0) is 20.8. The summed E-state index contributed by atoms with van der Waals surface area (Å²) in [5.74, 6) is 1.52. The number of aromatic nitrogens is 2. The largest absolute Gasteiger partial charge is 0.493 e. The maximum atomic E-state index is 12.0. The quantitative estimate of drug-likeness (QED) is 0.592. The average molecular weight is 420 g/mol. The van der Waals surface area contributed by atoms with Crippen molar-refractivity contribution in [2.24, 2.45) is 0 Å². The lowest BCUT2D eigenvalue weighted by Gasteiger charge is -2.12. The van der Waals surface area contributed by atoms with Crippen molar-refractivity contribution >= 4 is 23.5 Å². The third-order valence-corrected chi connectivity index (χ3v) is 4.02. The van der Waals surface area contributed by atoms with Gasteiger partial charge in [-0.25, -0.2) is 0 Å². The van der Waals surface area contributed by atoms with Crippen molar-refractivity contribution in [3.05, 3.63) is 41.4 Å². The molecule has 0 unspecified atom stereocenters. The van der Waals surface area contributed by atoms with Gasteiger partial charge in [0.15, 0.2) is 18.1 Å². The fraction of sp³-hybridized carbons (Fsp3) is 0.211. The summed E-state index contributed by atoms with van der Waals surface area (Å²) in [7, 11) is 4.51. The molecule has 1 N–H and O–H groups in total. The maximum Gasteiger partial charge on any atom is 0.322 e. The van der Waals surface area contributed by atoms with Crippen LogP contribution in [0.15, 0.2) is 40.8 Å². The first-order chi connectivity index (χ1) is 14.0. The van der Waals surface area contributed by atoms with Gasteiger partial charge in [-0.05, 0) is 36.4 Å². The first-order valence-corrected chi connectivity index (χ1v) is 8.74. The van der Waals surface area contributed by atoms with Crippen LogP contribution < -0.4 is 24.3 Å². The van der Waals surface area contributed by atoms with Crippen LogP contribution in [-0.2, 0) is 4.79 Å². The second-order valence-corrected chi connectivity index (χ2v) is 6.05. The molecule has 152 valence electrons. The van der Waals surface area contributed by atoms with Gasteiger partial charge < -0.3 is 23.4 Å². The van der Waals surface area contributed by atoms with Gasteiger partial charge in [0.25, 0.3) is 5.91 Å². The van der Waals surface area contributed by atoms with Crippen molar-refractivity contribution in [1.29, 1.82) is 0 Å². The number of hydrogen-bond acceptors (Lipinski definition) is 8. The Hall–Kier alpha value is -3.46. The predicted octanol–water partition coefficient (Wildman–Crippen LogP) is 3.43. The molecule has 0 aliphatic rings. The highest BCUT2D eigenvalue weighted by Crippen LogP contribution is 2.41. The van der Waals surface area contributed by atoms with E-state index in [1.165, 1.54) is 21.3 Å². The highest BCUT2D eigenvalue weighted by molar-refractivity contribution is 6.30. The number of nitrogens with one attached hydrogen (secondary N) is 1. The molecule has 0 atom stereocenters. The standard InChI is InChI=1S/C19H18ClN3O6/c1-25-14-8-11(9-15(26-2)17(14)27-3)18-22-23-19(29-18)21-16(24)10-28-13-6-4-12(20)5-7-13/h4-9H,10H2,1-3H3,(H,21,23,24). The van der Waals surface area contributed by atoms with Crippen LogP contribution in [0, 0.1) is 0 Å². The monoisotopic (exact) mass is 419 g/mol. The SMILES string of the molecule is COc1cc(-c2nnc(NC(=O)COc3ccc(Cl)cc3)o2)cc(OC)c1OC. The third kappa shape index (κ3) is 4.88. The lowest BCUT2D eigenvalue weighted by atomic mass is 10.2. The second-order valence-electron chi connectivity index (χ2n) is 5.62. The van der Waals surface area contributed by atoms with Gasteiger partial charge >= 0.3 is 6.01 Å². The molecular formula is C19H18ClN3O6. The van der Waals surface area contributed by atoms with Gasteiger partial charge in [-0.3, -0.25) is 10.1 Å². The predicted molar refractivity (Wildman–Crippen MR) is 105 cm³/mol. The first-order valence-electron chi connectivity index (χ1n) is 8.36. The van der Waals surface area contributed by atoms with E-state index in [0.717, 1.165) is 0 Å². The minimum atomic E-state index is -0.458. The van der Waals surface area contributed by atoms with Gasteiger partial charge in [-0.1, -0.05) is 16.7 Å². The Kier molecular flexibility index (Phi) is 6.40. The van der Waals surface area contributed by atoms with Gasteiger partial charge in [-0.2, -0.15) is 0 Å². The van der Waals surface area contributed by atoms with Crippen LogP contribution in [-0.4, -0.2) is 44.0 Å². The molecule has 0 aliphatic heterocycles. The molecule has 1 amide bonds. The van der Waals surface area contributed by atoms with Crippen LogP contribution >= 0.6 is 11.6 Å². The zero-order valence-electron chi connectivity index (χ0n) is 15.9. The van der Waals surface area contributed by atoms with E-state index in [9.17, 15) is 4.79 Å². The van der Waals surface area contributed by atoms with E-state index in [2.05, 4.69) is 15.5 Å². The molecule has 9 nitrogen and oxygen atoms in total. The van der Waals surface area contributed by atoms with E-state index in [0.29, 0.717) is 33.6 Å². The fourth-order valence-corrected chi connectivity index (χ4v) is 2.56. The van der Waals surface area contributed by atoms with Crippen LogP contribution in [0.5, 0.6) is 23.0 Å². The molecular weight excluding hydrogens is 402 g/mol. The Bertz CT molecular complexity index is 965. The molecule has 0 aliphatic carbocycles. The van der Waals surface area contributed by atoms with E-state index in [4.69, 9.17) is 35.0 Å². The number of anilines is 1. The van der Waals surface area contributed by atoms with E-state index in [1.807, 2.05) is 0 Å². The summed E-state index contributed by atoms with van der Waals surface area (Å²) >= 11 is 5.80. The molecule has 0 radical (unpaired) electrons. The molecule has 1 aromatic heterocycles. The molecule has 0 fully saturated rings. The lowest BCUT2D eigenvalue weighted by molar-refractivity contribution is -0.118. The number of nitrogens with zero attached hydrogens (tertiary/aromatic N) is 2. The molecule has 2 aromatic carbocycles. The summed E-state index contributed by atoms with van der Waals surface area (Å²) in [5.41, 5.74) is 0.532. The smallest absolute Gasteiger partial charge is 0.322 e. The Labute approximate surface area is 171 Å². The highest BCUT2D eigenvalue weighted by atomic mass is 35.5. The number of ether oxygens (including phenoxy) is 4. The van der Waals surface area contributed by atoms with Gasteiger partial charge in [0.1, 0.15) is 5.75 Å². The minimum Gasteiger partial charge on any atom is -0.493 e. The van der Waals surface area contributed by atoms with E-state index in [1.54, 1.807) is 36.4 Å². The van der Waals surface area contributed by atoms with E-state index in [-0.39, 0.29) is 18.5 Å². The molecule has 0 spiro atoms. The maximum absolute atomic E-state index is 12.0. The topological polar surface area (TPSA) is 105 Å². The van der Waals surface area contributed by atoms with Gasteiger partial charge in [0.2, 0.25) is 11.6 Å². The molecule has 29 heavy (non-hydrogen) atoms. The Balaban J connectivity index is 1.68. The summed E-state index contributed by atoms with van der Waals surface area (Å²) in [6.45, 7) is -0.233.